The minimum Gasteiger partial charge on any atom is -0.398 e. The van der Waals surface area contributed by atoms with Crippen LogP contribution in [0.25, 0.3) is 0 Å². The van der Waals surface area contributed by atoms with Gasteiger partial charge in [0, 0.05) is 27.4 Å². The molecule has 6 heteroatoms. The molecule has 0 heterocycles. The van der Waals surface area contributed by atoms with Gasteiger partial charge >= 0.3 is 6.03 Å². The molecule has 3 N–H and O–H groups in total. The molecule has 3 aromatic rings. The van der Waals surface area contributed by atoms with Crippen molar-refractivity contribution in [3.63, 3.8) is 0 Å². The van der Waals surface area contributed by atoms with E-state index >= 15 is 0 Å². The molecule has 0 unspecified atom stereocenters. The Morgan fingerprint density at radius 3 is 2.12 bits per heavy atom. The zero-order valence-corrected chi connectivity index (χ0v) is 21.8. The Bertz CT molecular complexity index is 1070. The number of carbonyl (C=O) groups excluding carboxylic acids is 1. The average molecular weight is 529 g/mol. The van der Waals surface area contributed by atoms with Crippen molar-refractivity contribution >= 4 is 50.6 Å². The van der Waals surface area contributed by atoms with E-state index in [4.69, 9.17) is 17.3 Å². The van der Waals surface area contributed by atoms with Gasteiger partial charge in [-0.25, -0.2) is 4.79 Å². The summed E-state index contributed by atoms with van der Waals surface area (Å²) >= 11 is 9.96. The van der Waals surface area contributed by atoms with Gasteiger partial charge in [0.05, 0.1) is 5.69 Å². The van der Waals surface area contributed by atoms with Crippen LogP contribution in [0.4, 0.5) is 21.9 Å². The lowest BCUT2D eigenvalue weighted by Gasteiger charge is -2.26. The maximum absolute atomic E-state index is 13.6. The smallest absolute Gasteiger partial charge is 0.326 e. The quantitative estimate of drug-likeness (QED) is 0.295. The number of halogens is 2. The molecule has 174 valence electrons. The number of rotatable bonds is 8. The number of aryl methyl sites for hydroxylation is 1. The Balaban J connectivity index is 1.94. The van der Waals surface area contributed by atoms with Gasteiger partial charge in [-0.1, -0.05) is 72.6 Å². The number of benzene rings is 3. The fraction of sp³-hybridized carbons (Fsp3) is 0.296. The average Bonchev–Trinajstić information content (AvgIpc) is 2.81. The summed E-state index contributed by atoms with van der Waals surface area (Å²) in [5.74, 6) is 0. The highest BCUT2D eigenvalue weighted by Crippen LogP contribution is 2.34. The van der Waals surface area contributed by atoms with Crippen LogP contribution in [0, 0.1) is 0 Å². The summed E-state index contributed by atoms with van der Waals surface area (Å²) in [4.78, 5) is 15.4. The number of urea groups is 1. The lowest BCUT2D eigenvalue weighted by molar-refractivity contribution is 0.257. The summed E-state index contributed by atoms with van der Waals surface area (Å²) < 4.78 is 1.04. The minimum absolute atomic E-state index is 0.192. The molecule has 0 saturated carbocycles. The number of nitrogens with two attached hydrogens (primary N) is 1. The topological polar surface area (TPSA) is 58.4 Å². The van der Waals surface area contributed by atoms with Crippen LogP contribution in [0.2, 0.25) is 5.02 Å². The normalized spacial score (nSPS) is 10.8. The van der Waals surface area contributed by atoms with Crippen molar-refractivity contribution in [1.82, 2.24) is 0 Å². The maximum Gasteiger partial charge on any atom is 0.326 e. The molecule has 0 aliphatic rings. The van der Waals surface area contributed by atoms with Crippen LogP contribution in [0.5, 0.6) is 0 Å². The van der Waals surface area contributed by atoms with E-state index in [1.165, 1.54) is 5.56 Å². The third-order valence-electron chi connectivity index (χ3n) is 5.90. The second kappa shape index (κ2) is 11.6. The lowest BCUT2D eigenvalue weighted by atomic mass is 10.0. The van der Waals surface area contributed by atoms with E-state index < -0.39 is 0 Å². The van der Waals surface area contributed by atoms with E-state index in [9.17, 15) is 4.79 Å². The third kappa shape index (κ3) is 6.10. The highest BCUT2D eigenvalue weighted by molar-refractivity contribution is 9.10. The number of hydrogen-bond donors (Lipinski definition) is 2. The van der Waals surface area contributed by atoms with Gasteiger partial charge in [-0.2, -0.15) is 0 Å². The van der Waals surface area contributed by atoms with Crippen molar-refractivity contribution in [2.24, 2.45) is 0 Å². The molecule has 0 aromatic heterocycles. The van der Waals surface area contributed by atoms with Gasteiger partial charge < -0.3 is 11.1 Å². The van der Waals surface area contributed by atoms with Crippen LogP contribution in [0.15, 0.2) is 59.1 Å². The Morgan fingerprint density at radius 2 is 1.55 bits per heavy atom. The molecule has 0 bridgehead atoms. The highest BCUT2D eigenvalue weighted by atomic mass is 79.9. The van der Waals surface area contributed by atoms with E-state index in [1.54, 1.807) is 11.0 Å². The molecule has 0 fully saturated rings. The van der Waals surface area contributed by atoms with Crippen molar-refractivity contribution < 1.29 is 4.79 Å². The maximum atomic E-state index is 13.6. The summed E-state index contributed by atoms with van der Waals surface area (Å²) in [7, 11) is 0. The standard InChI is InChI=1S/C27H31BrClN3O/c1-4-18-9-13-21(14-10-18)32(16-15-19-7-11-20(28)12-8-19)27(33)31-26-22(5-2)24(29)17-25(30)23(26)6-3/h7-14,17H,4-6,15-16,30H2,1-3H3,(H,31,33). The number of hydrogen-bond acceptors (Lipinski definition) is 2. The fourth-order valence-electron chi connectivity index (χ4n) is 3.96. The van der Waals surface area contributed by atoms with Crippen LogP contribution >= 0.6 is 27.5 Å². The summed E-state index contributed by atoms with van der Waals surface area (Å²) in [6.07, 6.45) is 3.09. The van der Waals surface area contributed by atoms with Gasteiger partial charge in [0.1, 0.15) is 0 Å². The first-order chi connectivity index (χ1) is 15.9. The number of carbonyl (C=O) groups is 1. The molecule has 3 rings (SSSR count). The highest BCUT2D eigenvalue weighted by Gasteiger charge is 2.21. The lowest BCUT2D eigenvalue weighted by Crippen LogP contribution is -2.37. The summed E-state index contributed by atoms with van der Waals surface area (Å²) in [6.45, 7) is 6.72. The van der Waals surface area contributed by atoms with Crippen LogP contribution < -0.4 is 16.0 Å². The fourth-order valence-corrected chi connectivity index (χ4v) is 4.57. The van der Waals surface area contributed by atoms with Gasteiger partial charge in [-0.3, -0.25) is 4.90 Å². The number of nitrogens with zero attached hydrogens (tertiary/aromatic N) is 1. The molecule has 0 saturated heterocycles. The molecule has 33 heavy (non-hydrogen) atoms. The summed E-state index contributed by atoms with van der Waals surface area (Å²) in [6, 6.07) is 17.9. The molecule has 0 radical (unpaired) electrons. The predicted octanol–water partition coefficient (Wildman–Crippen LogP) is 7.65. The van der Waals surface area contributed by atoms with Crippen molar-refractivity contribution in [1.29, 1.82) is 0 Å². The number of nitrogens with one attached hydrogen (secondary N) is 1. The first kappa shape index (κ1) is 25.1. The molecule has 0 aliphatic carbocycles. The summed E-state index contributed by atoms with van der Waals surface area (Å²) in [5, 5.41) is 3.73. The number of anilines is 3. The Morgan fingerprint density at radius 1 is 0.939 bits per heavy atom. The Labute approximate surface area is 210 Å². The van der Waals surface area contributed by atoms with E-state index in [-0.39, 0.29) is 6.03 Å². The molecule has 0 atom stereocenters. The van der Waals surface area contributed by atoms with E-state index in [2.05, 4.69) is 52.4 Å². The molecule has 0 aliphatic heterocycles. The van der Waals surface area contributed by atoms with E-state index in [1.807, 2.05) is 38.1 Å². The minimum atomic E-state index is -0.192. The number of nitrogen functional groups attached to an aromatic ring is 1. The van der Waals surface area contributed by atoms with Gasteiger partial charge in [-0.05, 0) is 78.3 Å². The van der Waals surface area contributed by atoms with Gasteiger partial charge in [0.25, 0.3) is 0 Å². The van der Waals surface area contributed by atoms with Crippen LogP contribution in [-0.2, 0) is 25.7 Å². The second-order valence-electron chi connectivity index (χ2n) is 7.97. The van der Waals surface area contributed by atoms with Gasteiger partial charge in [0.15, 0.2) is 0 Å². The van der Waals surface area contributed by atoms with E-state index in [0.29, 0.717) is 30.1 Å². The molecular weight excluding hydrogens is 498 g/mol. The van der Waals surface area contributed by atoms with Crippen LogP contribution in [0.3, 0.4) is 0 Å². The molecule has 2 amide bonds. The van der Waals surface area contributed by atoms with Crippen molar-refractivity contribution in [2.45, 2.75) is 46.5 Å². The molecular formula is C27H31BrClN3O. The largest absolute Gasteiger partial charge is 0.398 e. The second-order valence-corrected chi connectivity index (χ2v) is 9.29. The first-order valence-electron chi connectivity index (χ1n) is 11.4. The third-order valence-corrected chi connectivity index (χ3v) is 6.77. The van der Waals surface area contributed by atoms with Crippen LogP contribution in [0.1, 0.15) is 43.0 Å². The van der Waals surface area contributed by atoms with Gasteiger partial charge in [0.2, 0.25) is 0 Å². The summed E-state index contributed by atoms with van der Waals surface area (Å²) in [5.41, 5.74) is 12.6. The van der Waals surface area contributed by atoms with Crippen LogP contribution in [-0.4, -0.2) is 12.6 Å². The molecule has 0 spiro atoms. The number of amides is 2. The Kier molecular flexibility index (Phi) is 8.81. The zero-order chi connectivity index (χ0) is 24.0. The molecule has 3 aromatic carbocycles. The van der Waals surface area contributed by atoms with Crippen molar-refractivity contribution in [3.8, 4) is 0 Å². The Hall–Kier alpha value is -2.50. The van der Waals surface area contributed by atoms with Crippen molar-refractivity contribution in [2.75, 3.05) is 22.5 Å². The monoisotopic (exact) mass is 527 g/mol. The first-order valence-corrected chi connectivity index (χ1v) is 12.6. The SMILES string of the molecule is CCc1ccc(N(CCc2ccc(Br)cc2)C(=O)Nc2c(CC)c(N)cc(Cl)c2CC)cc1. The molecule has 4 nitrogen and oxygen atoms in total. The van der Waals surface area contributed by atoms with Gasteiger partial charge in [-0.15, -0.1) is 0 Å². The van der Waals surface area contributed by atoms with Crippen molar-refractivity contribution in [3.05, 3.63) is 86.3 Å². The predicted molar refractivity (Wildman–Crippen MR) is 145 cm³/mol. The zero-order valence-electron chi connectivity index (χ0n) is 19.4. The van der Waals surface area contributed by atoms with E-state index in [0.717, 1.165) is 45.4 Å².